The highest BCUT2D eigenvalue weighted by atomic mass is 32.2. The number of hydrogen-bond donors (Lipinski definition) is 3. The molecule has 0 aromatic heterocycles. The molecule has 0 amide bonds. The summed E-state index contributed by atoms with van der Waals surface area (Å²) in [4.78, 5) is -0.980. The molecule has 0 aliphatic heterocycles. The lowest BCUT2D eigenvalue weighted by atomic mass is 10.0. The van der Waals surface area contributed by atoms with Crippen LogP contribution in [0.1, 0.15) is 16.7 Å². The number of rotatable bonds is 9. The summed E-state index contributed by atoms with van der Waals surface area (Å²) in [6.45, 7) is 4.78. The van der Waals surface area contributed by atoms with Crippen LogP contribution in [-0.4, -0.2) is 40.6 Å². The van der Waals surface area contributed by atoms with Crippen LogP contribution in [0.15, 0.2) is 112 Å². The van der Waals surface area contributed by atoms with Gasteiger partial charge in [0.2, 0.25) is 0 Å². The molecule has 258 valence electrons. The average Bonchev–Trinajstić information content (AvgIpc) is 3.04. The molecule has 0 bridgehead atoms. The van der Waals surface area contributed by atoms with E-state index in [9.17, 15) is 40.6 Å². The minimum Gasteiger partial charge on any atom is -0.508 e. The van der Waals surface area contributed by atoms with Crippen molar-refractivity contribution in [1.29, 1.82) is 0 Å². The number of hydrogen-bond acceptors (Lipinski definition) is 12. The molecule has 0 unspecified atom stereocenters. The van der Waals surface area contributed by atoms with Gasteiger partial charge in [0.15, 0.2) is 5.75 Å². The van der Waals surface area contributed by atoms with Crippen LogP contribution in [0.5, 0.6) is 34.5 Å². The summed E-state index contributed by atoms with van der Waals surface area (Å²) in [7, 11) is -13.5. The summed E-state index contributed by atoms with van der Waals surface area (Å²) >= 11 is 0. The Morgan fingerprint density at radius 3 is 1.30 bits per heavy atom. The molecule has 0 aliphatic rings. The first-order valence-electron chi connectivity index (χ1n) is 14.7. The molecule has 0 saturated carbocycles. The third-order valence-corrected chi connectivity index (χ3v) is 11.6. The van der Waals surface area contributed by atoms with Crippen molar-refractivity contribution >= 4 is 51.9 Å². The fourth-order valence-electron chi connectivity index (χ4n) is 4.97. The predicted molar refractivity (Wildman–Crippen MR) is 183 cm³/mol. The van der Waals surface area contributed by atoms with Crippen LogP contribution in [0.25, 0.3) is 21.5 Å². The Bertz CT molecular complexity index is 2690. The van der Waals surface area contributed by atoms with Crippen molar-refractivity contribution in [2.45, 2.75) is 35.5 Å². The van der Waals surface area contributed by atoms with Crippen molar-refractivity contribution < 1.29 is 53.1 Å². The Balaban J connectivity index is 1.47. The molecule has 6 rings (SSSR count). The van der Waals surface area contributed by atoms with E-state index < -0.39 is 30.4 Å². The van der Waals surface area contributed by atoms with Gasteiger partial charge in [0.25, 0.3) is 0 Å². The van der Waals surface area contributed by atoms with E-state index in [-0.39, 0.29) is 65.3 Å². The van der Waals surface area contributed by atoms with Gasteiger partial charge in [0, 0.05) is 29.0 Å². The second kappa shape index (κ2) is 12.4. The highest BCUT2D eigenvalue weighted by Gasteiger charge is 2.25. The minimum atomic E-state index is -4.62. The lowest BCUT2D eigenvalue weighted by Gasteiger charge is -2.16. The number of aromatic hydroxyl groups is 3. The van der Waals surface area contributed by atoms with E-state index in [1.54, 1.807) is 26.8 Å². The van der Waals surface area contributed by atoms with Gasteiger partial charge in [-0.05, 0) is 103 Å². The molecule has 0 heterocycles. The lowest BCUT2D eigenvalue weighted by Crippen LogP contribution is -2.11. The van der Waals surface area contributed by atoms with Gasteiger partial charge in [-0.1, -0.05) is 24.3 Å². The third-order valence-electron chi connectivity index (χ3n) is 7.86. The van der Waals surface area contributed by atoms with E-state index in [4.69, 9.17) is 12.5 Å². The zero-order valence-electron chi connectivity index (χ0n) is 26.5. The van der Waals surface area contributed by atoms with Gasteiger partial charge in [0.05, 0.1) is 0 Å². The highest BCUT2D eigenvalue weighted by molar-refractivity contribution is 7.87. The molecule has 0 radical (unpaired) electrons. The van der Waals surface area contributed by atoms with Crippen LogP contribution < -0.4 is 12.5 Å². The van der Waals surface area contributed by atoms with E-state index >= 15 is 0 Å². The van der Waals surface area contributed by atoms with Crippen molar-refractivity contribution in [2.24, 2.45) is 0 Å². The maximum absolute atomic E-state index is 13.6. The Morgan fingerprint density at radius 2 is 0.840 bits per heavy atom. The first kappa shape index (κ1) is 34.4. The normalized spacial score (nSPS) is 12.2. The van der Waals surface area contributed by atoms with E-state index in [0.717, 1.165) is 18.2 Å². The van der Waals surface area contributed by atoms with Gasteiger partial charge < -0.3 is 27.9 Å². The van der Waals surface area contributed by atoms with Gasteiger partial charge in [-0.25, -0.2) is 0 Å². The van der Waals surface area contributed by atoms with E-state index in [0.29, 0.717) is 22.1 Å². The Morgan fingerprint density at radius 1 is 0.420 bits per heavy atom. The van der Waals surface area contributed by atoms with Gasteiger partial charge in [-0.3, -0.25) is 0 Å². The number of benzene rings is 6. The molecule has 12 nitrogen and oxygen atoms in total. The summed E-state index contributed by atoms with van der Waals surface area (Å²) in [5.41, 5.74) is 1.34. The largest absolute Gasteiger partial charge is 0.508 e. The molecular formula is C35H28O12S3. The van der Waals surface area contributed by atoms with Crippen LogP contribution >= 0.6 is 0 Å². The van der Waals surface area contributed by atoms with Crippen LogP contribution in [0, 0.1) is 20.8 Å². The maximum atomic E-state index is 13.6. The number of aryl methyl sites for hydroxylation is 3. The topological polar surface area (TPSA) is 191 Å². The van der Waals surface area contributed by atoms with E-state index in [1.165, 1.54) is 72.8 Å². The molecule has 50 heavy (non-hydrogen) atoms. The molecule has 0 saturated heterocycles. The summed E-state index contributed by atoms with van der Waals surface area (Å²) in [6, 6.07) is 20.7. The minimum absolute atomic E-state index is 0.105. The molecule has 6 aromatic rings. The van der Waals surface area contributed by atoms with Crippen LogP contribution in [-0.2, 0) is 30.4 Å². The van der Waals surface area contributed by atoms with Gasteiger partial charge in [-0.2, -0.15) is 25.3 Å². The predicted octanol–water partition coefficient (Wildman–Crippen LogP) is 6.34. The fourth-order valence-corrected chi connectivity index (χ4v) is 7.85. The van der Waals surface area contributed by atoms with Crippen LogP contribution in [0.3, 0.4) is 0 Å². The zero-order valence-corrected chi connectivity index (χ0v) is 28.9. The van der Waals surface area contributed by atoms with Crippen LogP contribution in [0.2, 0.25) is 0 Å². The molecule has 0 atom stereocenters. The standard InChI is InChI=1S/C35H28O12S3/c1-20-4-10-27(17-32(20)36)48(39,40)45-25-9-13-30-24(15-25)14-23-7-8-26(46-49(41,42)28-11-5-21(2)33(37)18-28)16-31(23)35(30)47-50(43,44)29-12-6-22(3)34(38)19-29/h4-19,36-38H,1-3H3. The second-order valence-corrected chi connectivity index (χ2v) is 16.1. The number of phenolic OH excluding ortho intramolecular Hbond substituents is 3. The third kappa shape index (κ3) is 6.70. The van der Waals surface area contributed by atoms with E-state index in [2.05, 4.69) is 0 Å². The van der Waals surface area contributed by atoms with E-state index in [1.807, 2.05) is 0 Å². The Hall–Kier alpha value is -5.51. The second-order valence-electron chi connectivity index (χ2n) is 11.4. The fraction of sp³-hybridized carbons (Fsp3) is 0.0857. The lowest BCUT2D eigenvalue weighted by molar-refractivity contribution is 0.464. The number of fused-ring (bicyclic) bond motifs is 2. The van der Waals surface area contributed by atoms with Crippen LogP contribution in [0.4, 0.5) is 0 Å². The molecular weight excluding hydrogens is 709 g/mol. The van der Waals surface area contributed by atoms with Gasteiger partial charge in [0.1, 0.15) is 43.4 Å². The summed E-state index contributed by atoms with van der Waals surface area (Å²) in [5, 5.41) is 31.1. The molecule has 0 fully saturated rings. The molecule has 0 spiro atoms. The molecule has 3 N–H and O–H groups in total. The Labute approximate surface area is 287 Å². The zero-order chi connectivity index (χ0) is 36.2. The monoisotopic (exact) mass is 736 g/mol. The van der Waals surface area contributed by atoms with Crippen molar-refractivity contribution in [3.63, 3.8) is 0 Å². The number of phenols is 3. The molecule has 6 aromatic carbocycles. The molecule has 15 heteroatoms. The van der Waals surface area contributed by atoms with Crippen molar-refractivity contribution in [3.05, 3.63) is 114 Å². The quantitative estimate of drug-likeness (QED) is 0.110. The highest BCUT2D eigenvalue weighted by Crippen LogP contribution is 2.41. The van der Waals surface area contributed by atoms with Crippen molar-refractivity contribution in [2.75, 3.05) is 0 Å². The summed E-state index contributed by atoms with van der Waals surface area (Å²) < 4.78 is 95.8. The molecule has 0 aliphatic carbocycles. The first-order chi connectivity index (χ1) is 23.4. The first-order valence-corrected chi connectivity index (χ1v) is 18.9. The van der Waals surface area contributed by atoms with Crippen molar-refractivity contribution in [3.8, 4) is 34.5 Å². The maximum Gasteiger partial charge on any atom is 0.339 e. The van der Waals surface area contributed by atoms with Gasteiger partial charge in [-0.15, -0.1) is 0 Å². The smallest absolute Gasteiger partial charge is 0.339 e. The summed E-state index contributed by atoms with van der Waals surface area (Å²) in [5.74, 6) is -1.38. The Kier molecular flexibility index (Phi) is 8.54. The SMILES string of the molecule is Cc1ccc(S(=O)(=O)Oc2ccc3c(OS(=O)(=O)c4ccc(C)c(O)c4)c4cc(OS(=O)(=O)c5ccc(C)c(O)c5)ccc4cc3c2)cc1O. The van der Waals surface area contributed by atoms with Gasteiger partial charge >= 0.3 is 30.4 Å². The summed E-state index contributed by atoms with van der Waals surface area (Å²) in [6.07, 6.45) is 0. The average molecular weight is 737 g/mol. The van der Waals surface area contributed by atoms with Crippen molar-refractivity contribution in [1.82, 2.24) is 0 Å².